The van der Waals surface area contributed by atoms with Crippen LogP contribution in [0.1, 0.15) is 4.88 Å². The highest BCUT2D eigenvalue weighted by atomic mass is 127. The van der Waals surface area contributed by atoms with Gasteiger partial charge in [0.2, 0.25) is 0 Å². The van der Waals surface area contributed by atoms with Gasteiger partial charge in [-0.3, -0.25) is 0 Å². The molecule has 1 N–H and O–H groups in total. The summed E-state index contributed by atoms with van der Waals surface area (Å²) in [6, 6.07) is 6.06. The average molecular weight is 369 g/mol. The van der Waals surface area contributed by atoms with E-state index < -0.39 is 0 Å². The molecule has 0 spiro atoms. The molecule has 2 rings (SSSR count). The number of halogens is 2. The third-order valence-corrected chi connectivity index (χ3v) is 4.81. The van der Waals surface area contributed by atoms with Crippen molar-refractivity contribution >= 4 is 59.9 Å². The van der Waals surface area contributed by atoms with Crippen LogP contribution in [0, 0.1) is 3.57 Å². The smallest absolute Gasteiger partial charge is 0.139 e. The van der Waals surface area contributed by atoms with Crippen LogP contribution >= 0.6 is 49.9 Å². The average Bonchev–Trinajstić information content (AvgIpc) is 2.44. The summed E-state index contributed by atoms with van der Waals surface area (Å²) in [6.45, 7) is 0. The summed E-state index contributed by atoms with van der Waals surface area (Å²) in [5.74, 6) is 0.432. The summed E-state index contributed by atoms with van der Waals surface area (Å²) in [5, 5.41) is 11.6. The molecular formula is C9H6BrIOS. The highest BCUT2D eigenvalue weighted by Crippen LogP contribution is 2.40. The lowest BCUT2D eigenvalue weighted by Crippen LogP contribution is -1.72. The Bertz CT molecular complexity index is 452. The Morgan fingerprint density at radius 2 is 2.23 bits per heavy atom. The van der Waals surface area contributed by atoms with Gasteiger partial charge in [-0.15, -0.1) is 11.3 Å². The van der Waals surface area contributed by atoms with E-state index in [4.69, 9.17) is 0 Å². The molecule has 1 nitrogen and oxygen atoms in total. The van der Waals surface area contributed by atoms with E-state index >= 15 is 0 Å². The number of fused-ring (bicyclic) bond motifs is 1. The second-order valence-electron chi connectivity index (χ2n) is 2.62. The van der Waals surface area contributed by atoms with Crippen LogP contribution in [0.2, 0.25) is 0 Å². The minimum atomic E-state index is 0.432. The minimum absolute atomic E-state index is 0.432. The van der Waals surface area contributed by atoms with Gasteiger partial charge < -0.3 is 5.11 Å². The maximum absolute atomic E-state index is 9.85. The molecule has 2 aromatic rings. The molecule has 0 saturated heterocycles. The first-order valence-electron chi connectivity index (χ1n) is 3.69. The van der Waals surface area contributed by atoms with E-state index in [2.05, 4.69) is 38.5 Å². The van der Waals surface area contributed by atoms with Crippen molar-refractivity contribution in [2.24, 2.45) is 0 Å². The Labute approximate surface area is 102 Å². The van der Waals surface area contributed by atoms with E-state index in [1.165, 1.54) is 0 Å². The Morgan fingerprint density at radius 3 is 2.85 bits per heavy atom. The van der Waals surface area contributed by atoms with E-state index in [1.54, 1.807) is 11.3 Å². The molecule has 0 aliphatic heterocycles. The first-order chi connectivity index (χ1) is 6.24. The largest absolute Gasteiger partial charge is 0.506 e. The molecule has 68 valence electrons. The van der Waals surface area contributed by atoms with Crippen LogP contribution in [0.3, 0.4) is 0 Å². The summed E-state index contributed by atoms with van der Waals surface area (Å²) in [7, 11) is 0. The lowest BCUT2D eigenvalue weighted by molar-refractivity contribution is 0.479. The third-order valence-electron chi connectivity index (χ3n) is 1.83. The molecule has 0 bridgehead atoms. The number of hydrogen-bond donors (Lipinski definition) is 1. The lowest BCUT2D eigenvalue weighted by atomic mass is 10.2. The second kappa shape index (κ2) is 3.74. The maximum atomic E-state index is 9.85. The predicted octanol–water partition coefficient (Wildman–Crippen LogP) is 4.11. The number of alkyl halides is 1. The normalized spacial score (nSPS) is 10.9. The Morgan fingerprint density at radius 1 is 1.46 bits per heavy atom. The fraction of sp³-hybridized carbons (Fsp3) is 0.111. The molecule has 0 saturated carbocycles. The zero-order valence-electron chi connectivity index (χ0n) is 6.55. The molecule has 0 radical (unpaired) electrons. The van der Waals surface area contributed by atoms with Crippen LogP contribution in [0.15, 0.2) is 18.2 Å². The van der Waals surface area contributed by atoms with Gasteiger partial charge in [-0.05, 0) is 34.7 Å². The zero-order chi connectivity index (χ0) is 9.42. The molecule has 0 unspecified atom stereocenters. The fourth-order valence-electron chi connectivity index (χ4n) is 1.23. The molecule has 0 fully saturated rings. The molecule has 0 aliphatic carbocycles. The molecule has 1 aromatic heterocycles. The highest BCUT2D eigenvalue weighted by Gasteiger charge is 2.11. The van der Waals surface area contributed by atoms with Crippen molar-refractivity contribution in [2.45, 2.75) is 5.33 Å². The van der Waals surface area contributed by atoms with Crippen molar-refractivity contribution in [3.8, 4) is 5.75 Å². The van der Waals surface area contributed by atoms with Gasteiger partial charge in [0.1, 0.15) is 5.75 Å². The minimum Gasteiger partial charge on any atom is -0.506 e. The standard InChI is InChI=1S/C9H6BrIOS/c10-4-7-9(12)8-5(11)2-1-3-6(8)13-7/h1-3,12H,4H2. The molecular weight excluding hydrogens is 363 g/mol. The predicted molar refractivity (Wildman–Crippen MR) is 68.8 cm³/mol. The van der Waals surface area contributed by atoms with E-state index in [9.17, 15) is 5.11 Å². The molecule has 4 heteroatoms. The van der Waals surface area contributed by atoms with Crippen molar-refractivity contribution in [3.63, 3.8) is 0 Å². The van der Waals surface area contributed by atoms with Crippen LogP contribution in [0.5, 0.6) is 5.75 Å². The van der Waals surface area contributed by atoms with Gasteiger partial charge in [-0.25, -0.2) is 0 Å². The number of benzene rings is 1. The quantitative estimate of drug-likeness (QED) is 0.593. The summed E-state index contributed by atoms with van der Waals surface area (Å²) in [5.41, 5.74) is 0. The van der Waals surface area contributed by atoms with Gasteiger partial charge in [0.15, 0.2) is 0 Å². The SMILES string of the molecule is Oc1c(CBr)sc2cccc(I)c12. The van der Waals surface area contributed by atoms with Crippen LogP contribution in [0.25, 0.3) is 10.1 Å². The number of hydrogen-bond acceptors (Lipinski definition) is 2. The van der Waals surface area contributed by atoms with E-state index in [1.807, 2.05) is 18.2 Å². The van der Waals surface area contributed by atoms with Crippen molar-refractivity contribution in [1.82, 2.24) is 0 Å². The van der Waals surface area contributed by atoms with E-state index in [0.29, 0.717) is 11.1 Å². The topological polar surface area (TPSA) is 20.2 Å². The van der Waals surface area contributed by atoms with Gasteiger partial charge in [0, 0.05) is 19.0 Å². The monoisotopic (exact) mass is 368 g/mol. The third kappa shape index (κ3) is 1.59. The van der Waals surface area contributed by atoms with Gasteiger partial charge in [-0.2, -0.15) is 0 Å². The number of rotatable bonds is 1. The van der Waals surface area contributed by atoms with Gasteiger partial charge in [0.25, 0.3) is 0 Å². The molecule has 1 aromatic carbocycles. The summed E-state index contributed by atoms with van der Waals surface area (Å²) < 4.78 is 2.26. The number of aromatic hydroxyl groups is 1. The van der Waals surface area contributed by atoms with E-state index in [0.717, 1.165) is 18.5 Å². The molecule has 1 heterocycles. The first kappa shape index (κ1) is 9.73. The summed E-state index contributed by atoms with van der Waals surface area (Å²) >= 11 is 7.24. The molecule has 13 heavy (non-hydrogen) atoms. The Kier molecular flexibility index (Phi) is 2.80. The maximum Gasteiger partial charge on any atom is 0.139 e. The molecule has 0 aliphatic rings. The molecule has 0 amide bonds. The summed E-state index contributed by atoms with van der Waals surface area (Å²) in [4.78, 5) is 0.999. The van der Waals surface area contributed by atoms with Gasteiger partial charge in [0.05, 0.1) is 4.88 Å². The first-order valence-corrected chi connectivity index (χ1v) is 6.70. The van der Waals surface area contributed by atoms with Crippen LogP contribution in [-0.4, -0.2) is 5.11 Å². The van der Waals surface area contributed by atoms with E-state index in [-0.39, 0.29) is 0 Å². The second-order valence-corrected chi connectivity index (χ2v) is 5.48. The molecule has 0 atom stereocenters. The van der Waals surface area contributed by atoms with Crippen LogP contribution in [-0.2, 0) is 5.33 Å². The zero-order valence-corrected chi connectivity index (χ0v) is 11.1. The fourth-order valence-corrected chi connectivity index (χ4v) is 3.75. The van der Waals surface area contributed by atoms with Gasteiger partial charge in [-0.1, -0.05) is 22.0 Å². The Hall–Kier alpha value is 0.190. The van der Waals surface area contributed by atoms with Crippen molar-refractivity contribution in [3.05, 3.63) is 26.6 Å². The highest BCUT2D eigenvalue weighted by molar-refractivity contribution is 14.1. The van der Waals surface area contributed by atoms with Crippen molar-refractivity contribution in [2.75, 3.05) is 0 Å². The van der Waals surface area contributed by atoms with Gasteiger partial charge >= 0.3 is 0 Å². The Balaban J connectivity index is 2.85. The van der Waals surface area contributed by atoms with Crippen LogP contribution < -0.4 is 0 Å². The number of thiophene rings is 1. The van der Waals surface area contributed by atoms with Crippen LogP contribution in [0.4, 0.5) is 0 Å². The summed E-state index contributed by atoms with van der Waals surface area (Å²) in [6.07, 6.45) is 0. The van der Waals surface area contributed by atoms with Crippen molar-refractivity contribution in [1.29, 1.82) is 0 Å². The lowest BCUT2D eigenvalue weighted by Gasteiger charge is -1.94. The van der Waals surface area contributed by atoms with Crippen molar-refractivity contribution < 1.29 is 5.11 Å².